The number of aromatic nitrogens is 2. The van der Waals surface area contributed by atoms with Crippen LogP contribution in [-0.4, -0.2) is 52.8 Å². The van der Waals surface area contributed by atoms with E-state index in [1.54, 1.807) is 10.9 Å². The quantitative estimate of drug-likeness (QED) is 0.885. The molecule has 2 fully saturated rings. The molecule has 0 saturated carbocycles. The van der Waals surface area contributed by atoms with E-state index < -0.39 is 0 Å². The molecule has 2 aliphatic heterocycles. The van der Waals surface area contributed by atoms with Crippen molar-refractivity contribution in [3.8, 4) is 0 Å². The first kappa shape index (κ1) is 19.2. The number of nitrogens with two attached hydrogens (primary N) is 1. The Bertz CT molecular complexity index is 523. The average Bonchev–Trinajstić information content (AvgIpc) is 3.10. The van der Waals surface area contributed by atoms with E-state index in [9.17, 15) is 4.79 Å². The molecule has 1 amide bonds. The van der Waals surface area contributed by atoms with Gasteiger partial charge in [0.15, 0.2) is 0 Å². The second-order valence-corrected chi connectivity index (χ2v) is 6.40. The molecule has 126 valence electrons. The van der Waals surface area contributed by atoms with E-state index in [4.69, 9.17) is 5.73 Å². The fourth-order valence-corrected chi connectivity index (χ4v) is 3.30. The number of halogens is 2. The van der Waals surface area contributed by atoms with Gasteiger partial charge in [-0.3, -0.25) is 14.4 Å². The first-order valence-corrected chi connectivity index (χ1v) is 7.27. The van der Waals surface area contributed by atoms with Crippen LogP contribution in [0.5, 0.6) is 0 Å². The Morgan fingerprint density at radius 2 is 2.14 bits per heavy atom. The summed E-state index contributed by atoms with van der Waals surface area (Å²) >= 11 is 0. The number of carbonyl (C=O) groups excluding carboxylic acids is 1. The van der Waals surface area contributed by atoms with E-state index >= 15 is 0 Å². The number of anilines is 1. The molecule has 8 heteroatoms. The topological polar surface area (TPSA) is 67.4 Å². The van der Waals surface area contributed by atoms with Gasteiger partial charge >= 0.3 is 0 Å². The summed E-state index contributed by atoms with van der Waals surface area (Å²) in [7, 11) is 1.87. The highest BCUT2D eigenvalue weighted by molar-refractivity contribution is 5.99. The molecule has 2 saturated heterocycles. The van der Waals surface area contributed by atoms with Gasteiger partial charge in [-0.25, -0.2) is 0 Å². The van der Waals surface area contributed by atoms with Crippen molar-refractivity contribution < 1.29 is 4.79 Å². The predicted molar refractivity (Wildman–Crippen MR) is 91.8 cm³/mol. The lowest BCUT2D eigenvalue weighted by Crippen LogP contribution is -2.42. The zero-order chi connectivity index (χ0) is 14.3. The molecular weight excluding hydrogens is 325 g/mol. The Morgan fingerprint density at radius 3 is 2.68 bits per heavy atom. The van der Waals surface area contributed by atoms with E-state index in [0.29, 0.717) is 6.54 Å². The molecular formula is C14H25Cl2N5O. The molecule has 0 radical (unpaired) electrons. The highest BCUT2D eigenvalue weighted by Gasteiger charge is 2.42. The highest BCUT2D eigenvalue weighted by Crippen LogP contribution is 2.33. The normalized spacial score (nSPS) is 28.6. The van der Waals surface area contributed by atoms with Gasteiger partial charge in [-0.2, -0.15) is 5.10 Å². The number of carbonyl (C=O) groups is 1. The number of amides is 1. The lowest BCUT2D eigenvalue weighted by atomic mass is 9.90. The molecule has 6 nitrogen and oxygen atoms in total. The van der Waals surface area contributed by atoms with Crippen molar-refractivity contribution >= 4 is 36.4 Å². The minimum atomic E-state index is 0. The van der Waals surface area contributed by atoms with Crippen LogP contribution in [0.25, 0.3) is 0 Å². The third-order valence-corrected chi connectivity index (χ3v) is 4.70. The van der Waals surface area contributed by atoms with E-state index in [-0.39, 0.29) is 42.2 Å². The van der Waals surface area contributed by atoms with Crippen molar-refractivity contribution in [3.63, 3.8) is 0 Å². The Hall–Kier alpha value is -0.820. The summed E-state index contributed by atoms with van der Waals surface area (Å²) in [5.41, 5.74) is 6.92. The maximum atomic E-state index is 12.6. The number of rotatable bonds is 3. The summed E-state index contributed by atoms with van der Waals surface area (Å²) in [6.07, 6.45) is 5.64. The highest BCUT2D eigenvalue weighted by atomic mass is 35.5. The summed E-state index contributed by atoms with van der Waals surface area (Å²) in [6, 6.07) is 0.0172. The van der Waals surface area contributed by atoms with Crippen molar-refractivity contribution in [2.24, 2.45) is 18.2 Å². The Morgan fingerprint density at radius 1 is 1.41 bits per heavy atom. The van der Waals surface area contributed by atoms with Crippen LogP contribution in [-0.2, 0) is 11.8 Å². The molecule has 2 N–H and O–H groups in total. The lowest BCUT2D eigenvalue weighted by Gasteiger charge is -2.26. The van der Waals surface area contributed by atoms with Gasteiger partial charge in [0.05, 0.1) is 17.9 Å². The molecule has 1 aromatic rings. The summed E-state index contributed by atoms with van der Waals surface area (Å²) in [4.78, 5) is 16.8. The monoisotopic (exact) mass is 349 g/mol. The van der Waals surface area contributed by atoms with Crippen LogP contribution in [0.3, 0.4) is 0 Å². The van der Waals surface area contributed by atoms with Gasteiger partial charge in [-0.15, -0.1) is 24.8 Å². The zero-order valence-corrected chi connectivity index (χ0v) is 14.7. The van der Waals surface area contributed by atoms with Crippen molar-refractivity contribution in [3.05, 3.63) is 12.4 Å². The summed E-state index contributed by atoms with van der Waals surface area (Å²) in [5.74, 6) is 0.208. The second-order valence-electron chi connectivity index (χ2n) is 6.40. The molecule has 0 aliphatic carbocycles. The van der Waals surface area contributed by atoms with Crippen molar-refractivity contribution in [1.29, 1.82) is 0 Å². The molecule has 1 aromatic heterocycles. The van der Waals surface area contributed by atoms with Crippen molar-refractivity contribution in [1.82, 2.24) is 14.7 Å². The van der Waals surface area contributed by atoms with Crippen molar-refractivity contribution in [2.45, 2.75) is 25.8 Å². The van der Waals surface area contributed by atoms with Crippen molar-refractivity contribution in [2.75, 3.05) is 31.1 Å². The largest absolute Gasteiger partial charge is 0.330 e. The van der Waals surface area contributed by atoms with Gasteiger partial charge in [0, 0.05) is 26.3 Å². The van der Waals surface area contributed by atoms with E-state index in [1.165, 1.54) is 0 Å². The van der Waals surface area contributed by atoms with Crippen LogP contribution in [0.15, 0.2) is 12.4 Å². The van der Waals surface area contributed by atoms with Crippen LogP contribution in [0.1, 0.15) is 19.8 Å². The summed E-state index contributed by atoms with van der Waals surface area (Å²) in [6.45, 7) is 5.60. The van der Waals surface area contributed by atoms with Crippen LogP contribution in [0.4, 0.5) is 5.69 Å². The molecule has 2 aliphatic rings. The number of nitrogens with zero attached hydrogens (tertiary/aromatic N) is 4. The van der Waals surface area contributed by atoms with Gasteiger partial charge in [0.1, 0.15) is 0 Å². The van der Waals surface area contributed by atoms with E-state index in [2.05, 4.69) is 16.9 Å². The first-order valence-electron chi connectivity index (χ1n) is 7.27. The zero-order valence-electron chi connectivity index (χ0n) is 13.1. The fraction of sp³-hybridized carbons (Fsp3) is 0.714. The maximum Gasteiger partial charge on any atom is 0.244 e. The number of likely N-dealkylation sites (tertiary alicyclic amines) is 1. The summed E-state index contributed by atoms with van der Waals surface area (Å²) in [5, 5.41) is 4.15. The molecule has 22 heavy (non-hydrogen) atoms. The first-order chi connectivity index (χ1) is 9.52. The number of hydrogen-bond donors (Lipinski definition) is 1. The summed E-state index contributed by atoms with van der Waals surface area (Å²) < 4.78 is 1.73. The van der Waals surface area contributed by atoms with E-state index in [1.807, 2.05) is 18.1 Å². The smallest absolute Gasteiger partial charge is 0.244 e. The minimum absolute atomic E-state index is 0. The average molecular weight is 350 g/mol. The van der Waals surface area contributed by atoms with Gasteiger partial charge in [-0.05, 0) is 31.3 Å². The van der Waals surface area contributed by atoms with Crippen LogP contribution >= 0.6 is 24.8 Å². The minimum Gasteiger partial charge on any atom is -0.330 e. The molecule has 0 aromatic carbocycles. The number of aryl methyl sites for hydroxylation is 1. The molecule has 2 unspecified atom stereocenters. The van der Waals surface area contributed by atoms with Gasteiger partial charge < -0.3 is 10.6 Å². The van der Waals surface area contributed by atoms with Crippen LogP contribution in [0, 0.1) is 5.41 Å². The van der Waals surface area contributed by atoms with E-state index in [0.717, 1.165) is 38.2 Å². The molecule has 0 spiro atoms. The number of hydrogen-bond acceptors (Lipinski definition) is 4. The van der Waals surface area contributed by atoms with Gasteiger partial charge in [0.25, 0.3) is 0 Å². The Kier molecular flexibility index (Phi) is 6.27. The Labute approximate surface area is 143 Å². The second kappa shape index (κ2) is 7.17. The van der Waals surface area contributed by atoms with Crippen LogP contribution in [0.2, 0.25) is 0 Å². The predicted octanol–water partition coefficient (Wildman–Crippen LogP) is 1.04. The third-order valence-electron chi connectivity index (χ3n) is 4.70. The third kappa shape index (κ3) is 3.40. The molecule has 0 bridgehead atoms. The SMILES string of the molecule is Cl.Cl.Cn1cc(N2CCC(N3CCC(C)(CN)C3)C2=O)cn1. The van der Waals surface area contributed by atoms with Gasteiger partial charge in [0.2, 0.25) is 5.91 Å². The fourth-order valence-electron chi connectivity index (χ4n) is 3.30. The molecule has 3 heterocycles. The van der Waals surface area contributed by atoms with Gasteiger partial charge in [-0.1, -0.05) is 6.92 Å². The molecule has 2 atom stereocenters. The Balaban J connectivity index is 0.00000121. The van der Waals surface area contributed by atoms with Crippen LogP contribution < -0.4 is 10.6 Å². The molecule has 3 rings (SSSR count). The standard InChI is InChI=1S/C14H23N5O.2ClH/c1-14(9-15)4-6-18(10-14)12-3-5-19(13(12)20)11-7-16-17(2)8-11;;/h7-8,12H,3-6,9-10,15H2,1-2H3;2*1H. The maximum absolute atomic E-state index is 12.6. The lowest BCUT2D eigenvalue weighted by molar-refractivity contribution is -0.121.